The number of hydrogen-bond donors (Lipinski definition) is 3. The number of rotatable bonds is 6. The number of nitrogens with one attached hydrogen (secondary N) is 3. The van der Waals surface area contributed by atoms with E-state index >= 15 is 0 Å². The van der Waals surface area contributed by atoms with Gasteiger partial charge in [-0.15, -0.1) is 0 Å². The number of H-pyrrole nitrogens is 1. The minimum absolute atomic E-state index is 0.207. The molecular formula is C13H15Br2N3O2S. The van der Waals surface area contributed by atoms with Crippen LogP contribution in [0, 0.1) is 0 Å². The van der Waals surface area contributed by atoms with Gasteiger partial charge in [-0.2, -0.15) is 0 Å². The van der Waals surface area contributed by atoms with Gasteiger partial charge in [0.2, 0.25) is 0 Å². The molecule has 2 rings (SSSR count). The predicted octanol–water partition coefficient (Wildman–Crippen LogP) is 3.45. The lowest BCUT2D eigenvalue weighted by molar-refractivity contribution is 0.601. The molecule has 5 nitrogen and oxygen atoms in total. The largest absolute Gasteiger partial charge is 0.363 e. The van der Waals surface area contributed by atoms with Crippen molar-refractivity contribution in [2.24, 2.45) is 0 Å². The molecule has 0 bridgehead atoms. The van der Waals surface area contributed by atoms with Crippen LogP contribution in [0.2, 0.25) is 0 Å². The highest BCUT2D eigenvalue weighted by atomic mass is 79.9. The van der Waals surface area contributed by atoms with Crippen LogP contribution in [0.3, 0.4) is 0 Å². The molecule has 3 N–H and O–H groups in total. The molecule has 0 aliphatic rings. The first-order chi connectivity index (χ1) is 9.94. The van der Waals surface area contributed by atoms with Crippen LogP contribution in [0.5, 0.6) is 0 Å². The Morgan fingerprint density at radius 2 is 1.90 bits per heavy atom. The molecule has 0 fully saturated rings. The van der Waals surface area contributed by atoms with Gasteiger partial charge < -0.3 is 10.3 Å². The van der Waals surface area contributed by atoms with E-state index in [0.29, 0.717) is 21.2 Å². The minimum atomic E-state index is -3.63. The van der Waals surface area contributed by atoms with Gasteiger partial charge in [-0.3, -0.25) is 4.72 Å². The first kappa shape index (κ1) is 16.5. The molecule has 2 aromatic rings. The van der Waals surface area contributed by atoms with Crippen molar-refractivity contribution in [2.75, 3.05) is 11.3 Å². The van der Waals surface area contributed by atoms with Crippen LogP contribution >= 0.6 is 31.9 Å². The fourth-order valence-corrected chi connectivity index (χ4v) is 4.30. The van der Waals surface area contributed by atoms with Crippen LogP contribution in [0.4, 0.5) is 5.69 Å². The minimum Gasteiger partial charge on any atom is -0.363 e. The van der Waals surface area contributed by atoms with Gasteiger partial charge in [0.05, 0.1) is 5.69 Å². The van der Waals surface area contributed by atoms with E-state index in [2.05, 4.69) is 46.9 Å². The molecule has 1 aromatic carbocycles. The Balaban J connectivity index is 2.24. The van der Waals surface area contributed by atoms with Crippen molar-refractivity contribution in [2.45, 2.75) is 18.4 Å². The standard InChI is InChI=1S/C13H15Br2N3O2S/c1-2-16-7-9-6-10(8-17-9)21(19,20)18-13-11(14)4-3-5-12(13)15/h3-6,8,16-18H,2,7H2,1H3. The molecule has 0 amide bonds. The second-order valence-electron chi connectivity index (χ2n) is 4.34. The SMILES string of the molecule is CCNCc1cc(S(=O)(=O)Nc2c(Br)cccc2Br)c[nH]1. The molecule has 0 saturated heterocycles. The molecule has 0 spiro atoms. The first-order valence-electron chi connectivity index (χ1n) is 6.29. The number of aromatic amines is 1. The maximum absolute atomic E-state index is 12.4. The van der Waals surface area contributed by atoms with Crippen molar-refractivity contribution in [3.63, 3.8) is 0 Å². The zero-order valence-corrected chi connectivity index (χ0v) is 15.3. The second-order valence-corrected chi connectivity index (χ2v) is 7.73. The number of anilines is 1. The fourth-order valence-electron chi connectivity index (χ4n) is 1.72. The Morgan fingerprint density at radius 1 is 1.24 bits per heavy atom. The summed E-state index contributed by atoms with van der Waals surface area (Å²) in [7, 11) is -3.63. The maximum atomic E-state index is 12.4. The van der Waals surface area contributed by atoms with E-state index in [1.807, 2.05) is 13.0 Å². The highest BCUT2D eigenvalue weighted by molar-refractivity contribution is 9.11. The molecule has 21 heavy (non-hydrogen) atoms. The Kier molecular flexibility index (Phi) is 5.48. The summed E-state index contributed by atoms with van der Waals surface area (Å²) < 4.78 is 28.7. The number of halogens is 2. The normalized spacial score (nSPS) is 11.6. The van der Waals surface area contributed by atoms with Crippen LogP contribution in [-0.2, 0) is 16.6 Å². The topological polar surface area (TPSA) is 74.0 Å². The number of sulfonamides is 1. The van der Waals surface area contributed by atoms with Gasteiger partial charge in [0, 0.05) is 27.4 Å². The number of benzene rings is 1. The Bertz CT molecular complexity index is 709. The smallest absolute Gasteiger partial charge is 0.263 e. The molecule has 0 saturated carbocycles. The zero-order valence-electron chi connectivity index (χ0n) is 11.3. The summed E-state index contributed by atoms with van der Waals surface area (Å²) in [6, 6.07) is 6.99. The molecular weight excluding hydrogens is 422 g/mol. The summed E-state index contributed by atoms with van der Waals surface area (Å²) in [4.78, 5) is 3.16. The van der Waals surface area contributed by atoms with Gasteiger partial charge in [0.15, 0.2) is 0 Å². The first-order valence-corrected chi connectivity index (χ1v) is 9.36. The molecule has 8 heteroatoms. The summed E-state index contributed by atoms with van der Waals surface area (Å²) in [5.41, 5.74) is 1.30. The Labute approximate surface area is 140 Å². The summed E-state index contributed by atoms with van der Waals surface area (Å²) in [5.74, 6) is 0. The lowest BCUT2D eigenvalue weighted by atomic mass is 10.3. The van der Waals surface area contributed by atoms with Crippen molar-refractivity contribution in [3.8, 4) is 0 Å². The summed E-state index contributed by atoms with van der Waals surface area (Å²) >= 11 is 6.67. The molecule has 0 atom stereocenters. The highest BCUT2D eigenvalue weighted by Gasteiger charge is 2.18. The maximum Gasteiger partial charge on any atom is 0.263 e. The summed E-state index contributed by atoms with van der Waals surface area (Å²) in [5, 5.41) is 3.14. The van der Waals surface area contributed by atoms with Crippen LogP contribution in [0.1, 0.15) is 12.6 Å². The van der Waals surface area contributed by atoms with Crippen molar-refractivity contribution < 1.29 is 8.42 Å². The monoisotopic (exact) mass is 435 g/mol. The predicted molar refractivity (Wildman–Crippen MR) is 90.8 cm³/mol. The number of para-hydroxylation sites is 1. The molecule has 0 unspecified atom stereocenters. The molecule has 0 radical (unpaired) electrons. The average molecular weight is 437 g/mol. The van der Waals surface area contributed by atoms with E-state index < -0.39 is 10.0 Å². The third-order valence-corrected chi connectivity index (χ3v) is 5.44. The summed E-state index contributed by atoms with van der Waals surface area (Å²) in [6.45, 7) is 3.42. The van der Waals surface area contributed by atoms with Gasteiger partial charge in [-0.1, -0.05) is 13.0 Å². The fraction of sp³-hybridized carbons (Fsp3) is 0.231. The zero-order chi connectivity index (χ0) is 15.5. The molecule has 114 valence electrons. The van der Waals surface area contributed by atoms with Gasteiger partial charge >= 0.3 is 0 Å². The number of aromatic nitrogens is 1. The van der Waals surface area contributed by atoms with Gasteiger partial charge in [0.25, 0.3) is 10.0 Å². The van der Waals surface area contributed by atoms with E-state index in [9.17, 15) is 8.42 Å². The van der Waals surface area contributed by atoms with E-state index in [1.165, 1.54) is 6.20 Å². The lowest BCUT2D eigenvalue weighted by Gasteiger charge is -2.10. The third kappa shape index (κ3) is 4.09. The van der Waals surface area contributed by atoms with Crippen LogP contribution in [-0.4, -0.2) is 19.9 Å². The molecule has 0 aliphatic carbocycles. The van der Waals surface area contributed by atoms with Crippen LogP contribution in [0.25, 0.3) is 0 Å². The van der Waals surface area contributed by atoms with E-state index in [0.717, 1.165) is 12.2 Å². The van der Waals surface area contributed by atoms with Crippen LogP contribution in [0.15, 0.2) is 44.3 Å². The van der Waals surface area contributed by atoms with Crippen molar-refractivity contribution in [1.29, 1.82) is 0 Å². The van der Waals surface area contributed by atoms with Crippen molar-refractivity contribution in [3.05, 3.63) is 45.1 Å². The quantitative estimate of drug-likeness (QED) is 0.649. The van der Waals surface area contributed by atoms with Gasteiger partial charge in [-0.05, 0) is 56.6 Å². The molecule has 1 aromatic heterocycles. The van der Waals surface area contributed by atoms with Crippen molar-refractivity contribution >= 4 is 47.6 Å². The van der Waals surface area contributed by atoms with E-state index in [-0.39, 0.29) is 4.90 Å². The Hall–Kier alpha value is -0.830. The average Bonchev–Trinajstić information content (AvgIpc) is 2.90. The van der Waals surface area contributed by atoms with Crippen molar-refractivity contribution in [1.82, 2.24) is 10.3 Å². The highest BCUT2D eigenvalue weighted by Crippen LogP contribution is 2.32. The van der Waals surface area contributed by atoms with E-state index in [1.54, 1.807) is 18.2 Å². The summed E-state index contributed by atoms with van der Waals surface area (Å²) in [6.07, 6.45) is 1.49. The van der Waals surface area contributed by atoms with Gasteiger partial charge in [-0.25, -0.2) is 8.42 Å². The van der Waals surface area contributed by atoms with Crippen LogP contribution < -0.4 is 10.0 Å². The number of hydrogen-bond acceptors (Lipinski definition) is 3. The second kappa shape index (κ2) is 6.95. The Morgan fingerprint density at radius 3 is 2.52 bits per heavy atom. The molecule has 0 aliphatic heterocycles. The van der Waals surface area contributed by atoms with Gasteiger partial charge in [0.1, 0.15) is 4.90 Å². The molecule has 1 heterocycles. The third-order valence-electron chi connectivity index (χ3n) is 2.79. The lowest BCUT2D eigenvalue weighted by Crippen LogP contribution is -2.13. The van der Waals surface area contributed by atoms with E-state index in [4.69, 9.17) is 0 Å².